The van der Waals surface area contributed by atoms with Gasteiger partial charge in [0.25, 0.3) is 0 Å². The van der Waals surface area contributed by atoms with Gasteiger partial charge < -0.3 is 4.90 Å². The van der Waals surface area contributed by atoms with Crippen LogP contribution < -0.4 is 4.90 Å². The summed E-state index contributed by atoms with van der Waals surface area (Å²) in [5.74, 6) is 0.132. The van der Waals surface area contributed by atoms with Crippen molar-refractivity contribution in [1.29, 1.82) is 5.26 Å². The largest absolute Gasteiger partial charge is 0.308 e. The Balaban J connectivity index is 1.95. The number of rotatable bonds is 2. The molecule has 4 heteroatoms. The van der Waals surface area contributed by atoms with Crippen LogP contribution in [0, 0.1) is 11.3 Å². The minimum atomic E-state index is 0.132. The van der Waals surface area contributed by atoms with Crippen LogP contribution in [0.25, 0.3) is 0 Å². The summed E-state index contributed by atoms with van der Waals surface area (Å²) in [5.41, 5.74) is 3.74. The zero-order chi connectivity index (χ0) is 14.8. The van der Waals surface area contributed by atoms with Gasteiger partial charge in [-0.25, -0.2) is 0 Å². The van der Waals surface area contributed by atoms with E-state index < -0.39 is 0 Å². The van der Waals surface area contributed by atoms with E-state index in [-0.39, 0.29) is 5.91 Å². The first-order valence-electron chi connectivity index (χ1n) is 6.75. The molecule has 0 N–H and O–H groups in total. The molecule has 1 aliphatic rings. The van der Waals surface area contributed by atoms with Crippen molar-refractivity contribution in [1.82, 2.24) is 0 Å². The van der Waals surface area contributed by atoms with Gasteiger partial charge in [0.05, 0.1) is 18.2 Å². The molecule has 0 saturated heterocycles. The van der Waals surface area contributed by atoms with Crippen LogP contribution in [0.5, 0.6) is 0 Å². The van der Waals surface area contributed by atoms with Crippen molar-refractivity contribution in [3.05, 3.63) is 63.6 Å². The van der Waals surface area contributed by atoms with Gasteiger partial charge in [-0.1, -0.05) is 28.1 Å². The average molecular weight is 341 g/mol. The minimum absolute atomic E-state index is 0.132. The highest BCUT2D eigenvalue weighted by molar-refractivity contribution is 9.10. The number of hydrogen-bond donors (Lipinski definition) is 0. The SMILES string of the molecule is N#Cc1cccc(CN2C(=O)CCc3cc(Br)ccc32)c1. The van der Waals surface area contributed by atoms with Gasteiger partial charge in [-0.15, -0.1) is 0 Å². The Hall–Kier alpha value is -2.12. The van der Waals surface area contributed by atoms with Gasteiger partial charge in [0, 0.05) is 16.6 Å². The lowest BCUT2D eigenvalue weighted by Crippen LogP contribution is -2.34. The van der Waals surface area contributed by atoms with Gasteiger partial charge in [0.2, 0.25) is 5.91 Å². The van der Waals surface area contributed by atoms with Crippen molar-refractivity contribution in [2.75, 3.05) is 4.90 Å². The van der Waals surface area contributed by atoms with Crippen LogP contribution in [-0.4, -0.2) is 5.91 Å². The monoisotopic (exact) mass is 340 g/mol. The van der Waals surface area contributed by atoms with E-state index in [0.29, 0.717) is 18.5 Å². The molecule has 21 heavy (non-hydrogen) atoms. The topological polar surface area (TPSA) is 44.1 Å². The molecule has 0 atom stereocenters. The fraction of sp³-hybridized carbons (Fsp3) is 0.176. The van der Waals surface area contributed by atoms with Crippen LogP contribution in [-0.2, 0) is 17.8 Å². The summed E-state index contributed by atoms with van der Waals surface area (Å²) in [6, 6.07) is 15.5. The highest BCUT2D eigenvalue weighted by atomic mass is 79.9. The van der Waals surface area contributed by atoms with Gasteiger partial charge in [-0.2, -0.15) is 5.26 Å². The fourth-order valence-corrected chi connectivity index (χ4v) is 3.03. The molecule has 3 rings (SSSR count). The molecule has 0 bridgehead atoms. The van der Waals surface area contributed by atoms with Gasteiger partial charge in [0.1, 0.15) is 0 Å². The number of benzene rings is 2. The van der Waals surface area contributed by atoms with Crippen LogP contribution in [0.2, 0.25) is 0 Å². The molecule has 0 unspecified atom stereocenters. The number of anilines is 1. The number of hydrogen-bond acceptors (Lipinski definition) is 2. The summed E-state index contributed by atoms with van der Waals surface area (Å²) < 4.78 is 1.03. The van der Waals surface area contributed by atoms with Crippen molar-refractivity contribution in [2.24, 2.45) is 0 Å². The Bertz CT molecular complexity index is 749. The van der Waals surface area contributed by atoms with E-state index >= 15 is 0 Å². The van der Waals surface area contributed by atoms with Gasteiger partial charge in [-0.3, -0.25) is 4.79 Å². The molecule has 1 heterocycles. The number of halogens is 1. The Labute approximate surface area is 131 Å². The van der Waals surface area contributed by atoms with Crippen LogP contribution in [0.15, 0.2) is 46.9 Å². The number of nitrogens with zero attached hydrogens (tertiary/aromatic N) is 2. The summed E-state index contributed by atoms with van der Waals surface area (Å²) in [6.07, 6.45) is 1.31. The third-order valence-electron chi connectivity index (χ3n) is 3.64. The molecule has 0 radical (unpaired) electrons. The molecular formula is C17H13BrN2O. The summed E-state index contributed by atoms with van der Waals surface area (Å²) in [6.45, 7) is 0.503. The first kappa shape index (κ1) is 13.8. The normalized spacial score (nSPS) is 13.7. The number of aryl methyl sites for hydroxylation is 1. The van der Waals surface area contributed by atoms with Crippen LogP contribution in [0.3, 0.4) is 0 Å². The third-order valence-corrected chi connectivity index (χ3v) is 4.13. The predicted molar refractivity (Wildman–Crippen MR) is 84.8 cm³/mol. The van der Waals surface area contributed by atoms with Crippen molar-refractivity contribution < 1.29 is 4.79 Å². The number of fused-ring (bicyclic) bond motifs is 1. The van der Waals surface area contributed by atoms with Crippen LogP contribution >= 0.6 is 15.9 Å². The molecule has 0 spiro atoms. The summed E-state index contributed by atoms with van der Waals surface area (Å²) >= 11 is 3.47. The van der Waals surface area contributed by atoms with Crippen molar-refractivity contribution in [3.63, 3.8) is 0 Å². The summed E-state index contributed by atoms with van der Waals surface area (Å²) in [5, 5.41) is 8.97. The Morgan fingerprint density at radius 1 is 1.19 bits per heavy atom. The summed E-state index contributed by atoms with van der Waals surface area (Å²) in [4.78, 5) is 14.1. The van der Waals surface area contributed by atoms with E-state index in [2.05, 4.69) is 28.1 Å². The first-order valence-corrected chi connectivity index (χ1v) is 7.54. The highest BCUT2D eigenvalue weighted by Gasteiger charge is 2.24. The first-order chi connectivity index (χ1) is 10.2. The molecular weight excluding hydrogens is 328 g/mol. The van der Waals surface area contributed by atoms with E-state index in [1.165, 1.54) is 5.56 Å². The number of amides is 1. The average Bonchev–Trinajstić information content (AvgIpc) is 2.50. The van der Waals surface area contributed by atoms with Crippen molar-refractivity contribution in [2.45, 2.75) is 19.4 Å². The molecule has 0 fully saturated rings. The maximum absolute atomic E-state index is 12.2. The number of nitriles is 1. The zero-order valence-electron chi connectivity index (χ0n) is 11.3. The molecule has 1 amide bonds. The lowest BCUT2D eigenvalue weighted by Gasteiger charge is -2.29. The maximum Gasteiger partial charge on any atom is 0.227 e. The standard InChI is InChI=1S/C17H13BrN2O/c18-15-5-6-16-14(9-15)4-7-17(21)20(16)11-13-3-1-2-12(8-13)10-19/h1-3,5-6,8-9H,4,7,11H2. The van der Waals surface area contributed by atoms with Gasteiger partial charge >= 0.3 is 0 Å². The second-order valence-electron chi connectivity index (χ2n) is 5.07. The Morgan fingerprint density at radius 3 is 2.86 bits per heavy atom. The van der Waals surface area contributed by atoms with Crippen molar-refractivity contribution >= 4 is 27.5 Å². The number of carbonyl (C=O) groups excluding carboxylic acids is 1. The highest BCUT2D eigenvalue weighted by Crippen LogP contribution is 2.31. The molecule has 0 aliphatic carbocycles. The quantitative estimate of drug-likeness (QED) is 0.834. The minimum Gasteiger partial charge on any atom is -0.308 e. The number of carbonyl (C=O) groups is 1. The molecule has 2 aromatic rings. The van der Waals surface area contributed by atoms with Crippen molar-refractivity contribution in [3.8, 4) is 6.07 Å². The maximum atomic E-state index is 12.2. The lowest BCUT2D eigenvalue weighted by atomic mass is 10.0. The van der Waals surface area contributed by atoms with Gasteiger partial charge in [-0.05, 0) is 47.9 Å². The second kappa shape index (κ2) is 5.71. The molecule has 0 saturated carbocycles. The smallest absolute Gasteiger partial charge is 0.227 e. The fourth-order valence-electron chi connectivity index (χ4n) is 2.62. The Kier molecular flexibility index (Phi) is 3.76. The Morgan fingerprint density at radius 2 is 2.05 bits per heavy atom. The lowest BCUT2D eigenvalue weighted by molar-refractivity contribution is -0.119. The molecule has 1 aliphatic heterocycles. The predicted octanol–water partition coefficient (Wildman–Crippen LogP) is 3.80. The molecule has 104 valence electrons. The summed E-state index contributed by atoms with van der Waals surface area (Å²) in [7, 11) is 0. The third kappa shape index (κ3) is 2.84. The van der Waals surface area contributed by atoms with E-state index in [1.807, 2.05) is 35.2 Å². The second-order valence-corrected chi connectivity index (χ2v) is 5.98. The van der Waals surface area contributed by atoms with E-state index in [1.54, 1.807) is 6.07 Å². The van der Waals surface area contributed by atoms with E-state index in [4.69, 9.17) is 5.26 Å². The van der Waals surface area contributed by atoms with E-state index in [9.17, 15) is 4.79 Å². The van der Waals surface area contributed by atoms with Crippen LogP contribution in [0.4, 0.5) is 5.69 Å². The van der Waals surface area contributed by atoms with Crippen LogP contribution in [0.1, 0.15) is 23.1 Å². The molecule has 0 aromatic heterocycles. The zero-order valence-corrected chi connectivity index (χ0v) is 12.9. The van der Waals surface area contributed by atoms with Gasteiger partial charge in [0.15, 0.2) is 0 Å². The molecule has 2 aromatic carbocycles. The van der Waals surface area contributed by atoms with E-state index in [0.717, 1.165) is 22.1 Å². The molecule has 3 nitrogen and oxygen atoms in total.